The van der Waals surface area contributed by atoms with E-state index in [9.17, 15) is 9.90 Å². The lowest BCUT2D eigenvalue weighted by molar-refractivity contribution is -0.130. The summed E-state index contributed by atoms with van der Waals surface area (Å²) in [5, 5.41) is 9.37. The van der Waals surface area contributed by atoms with Crippen molar-refractivity contribution in [3.63, 3.8) is 0 Å². The van der Waals surface area contributed by atoms with E-state index in [0.717, 1.165) is 36.8 Å². The predicted molar refractivity (Wildman–Crippen MR) is 70.8 cm³/mol. The van der Waals surface area contributed by atoms with E-state index >= 15 is 0 Å². The van der Waals surface area contributed by atoms with Crippen LogP contribution in [0.25, 0.3) is 5.57 Å². The van der Waals surface area contributed by atoms with Crippen LogP contribution in [0.4, 0.5) is 0 Å². The quantitative estimate of drug-likeness (QED) is 0.749. The van der Waals surface area contributed by atoms with E-state index in [0.29, 0.717) is 5.57 Å². The third-order valence-electron chi connectivity index (χ3n) is 2.89. The number of hydrogen-bond donors (Lipinski definition) is 1. The van der Waals surface area contributed by atoms with Gasteiger partial charge in [0.1, 0.15) is 0 Å². The Balaban J connectivity index is 3.13. The maximum Gasteiger partial charge on any atom is 0.336 e. The SMILES string of the molecule is CCCCC(CC)=C(C(=O)O)c1ccccc1. The second-order valence-corrected chi connectivity index (χ2v) is 4.11. The highest BCUT2D eigenvalue weighted by Crippen LogP contribution is 2.25. The topological polar surface area (TPSA) is 37.3 Å². The summed E-state index contributed by atoms with van der Waals surface area (Å²) in [7, 11) is 0. The van der Waals surface area contributed by atoms with Gasteiger partial charge in [-0.15, -0.1) is 0 Å². The molecular formula is C15H20O2. The number of aliphatic carboxylic acids is 1. The van der Waals surface area contributed by atoms with Crippen LogP contribution in [-0.4, -0.2) is 11.1 Å². The van der Waals surface area contributed by atoms with Crippen LogP contribution in [0.15, 0.2) is 35.9 Å². The van der Waals surface area contributed by atoms with Crippen molar-refractivity contribution in [1.82, 2.24) is 0 Å². The normalized spacial score (nSPS) is 12.1. The molecule has 2 nitrogen and oxygen atoms in total. The molecule has 0 fully saturated rings. The summed E-state index contributed by atoms with van der Waals surface area (Å²) in [6, 6.07) is 9.40. The van der Waals surface area contributed by atoms with E-state index in [1.165, 1.54) is 0 Å². The Bertz CT molecular complexity index is 391. The van der Waals surface area contributed by atoms with Gasteiger partial charge in [0.25, 0.3) is 0 Å². The van der Waals surface area contributed by atoms with Crippen molar-refractivity contribution in [2.75, 3.05) is 0 Å². The molecule has 0 spiro atoms. The molecule has 1 rings (SSSR count). The first-order valence-corrected chi connectivity index (χ1v) is 6.21. The van der Waals surface area contributed by atoms with Gasteiger partial charge in [0, 0.05) is 0 Å². The van der Waals surface area contributed by atoms with E-state index in [-0.39, 0.29) is 0 Å². The standard InChI is InChI=1S/C15H20O2/c1-3-5-9-12(4-2)14(15(16)17)13-10-7-6-8-11-13/h6-8,10-11H,3-5,9H2,1-2H3,(H,16,17). The number of carboxylic acid groups (broad SMARTS) is 1. The van der Waals surface area contributed by atoms with Gasteiger partial charge in [-0.3, -0.25) is 0 Å². The molecule has 0 bridgehead atoms. The fourth-order valence-electron chi connectivity index (χ4n) is 1.95. The third kappa shape index (κ3) is 3.74. The molecule has 2 heteroatoms. The first-order chi connectivity index (χ1) is 8.20. The van der Waals surface area contributed by atoms with Crippen molar-refractivity contribution in [3.8, 4) is 0 Å². The Kier molecular flexibility index (Phi) is 5.47. The zero-order valence-corrected chi connectivity index (χ0v) is 10.6. The number of unbranched alkanes of at least 4 members (excludes halogenated alkanes) is 1. The summed E-state index contributed by atoms with van der Waals surface area (Å²) < 4.78 is 0. The molecule has 0 aliphatic rings. The van der Waals surface area contributed by atoms with Crippen LogP contribution in [0.5, 0.6) is 0 Å². The maximum absolute atomic E-state index is 11.4. The van der Waals surface area contributed by atoms with Crippen LogP contribution in [0.2, 0.25) is 0 Å². The van der Waals surface area contributed by atoms with Gasteiger partial charge in [0.05, 0.1) is 5.57 Å². The molecule has 0 radical (unpaired) electrons. The number of rotatable bonds is 6. The van der Waals surface area contributed by atoms with Gasteiger partial charge in [-0.05, 0) is 24.8 Å². The molecule has 1 N–H and O–H groups in total. The summed E-state index contributed by atoms with van der Waals surface area (Å²) in [6.07, 6.45) is 3.82. The predicted octanol–water partition coefficient (Wildman–Crippen LogP) is 4.13. The van der Waals surface area contributed by atoms with Crippen LogP contribution in [0.3, 0.4) is 0 Å². The van der Waals surface area contributed by atoms with E-state index in [1.54, 1.807) is 0 Å². The van der Waals surface area contributed by atoms with Gasteiger partial charge in [-0.25, -0.2) is 4.79 Å². The molecule has 0 saturated heterocycles. The van der Waals surface area contributed by atoms with Crippen LogP contribution in [0, 0.1) is 0 Å². The summed E-state index contributed by atoms with van der Waals surface area (Å²) in [4.78, 5) is 11.4. The van der Waals surface area contributed by atoms with Crippen molar-refractivity contribution in [1.29, 1.82) is 0 Å². The smallest absolute Gasteiger partial charge is 0.336 e. The molecule has 1 aromatic rings. The minimum atomic E-state index is -0.816. The summed E-state index contributed by atoms with van der Waals surface area (Å²) in [6.45, 7) is 4.15. The number of carboxylic acids is 1. The average Bonchev–Trinajstić information content (AvgIpc) is 2.35. The van der Waals surface area contributed by atoms with E-state index in [2.05, 4.69) is 6.92 Å². The van der Waals surface area contributed by atoms with E-state index in [4.69, 9.17) is 0 Å². The molecular weight excluding hydrogens is 212 g/mol. The van der Waals surface area contributed by atoms with Gasteiger partial charge in [0.2, 0.25) is 0 Å². The zero-order valence-electron chi connectivity index (χ0n) is 10.6. The minimum absolute atomic E-state index is 0.488. The molecule has 0 saturated carbocycles. The number of hydrogen-bond acceptors (Lipinski definition) is 1. The maximum atomic E-state index is 11.4. The average molecular weight is 232 g/mol. The van der Waals surface area contributed by atoms with Gasteiger partial charge in [-0.2, -0.15) is 0 Å². The minimum Gasteiger partial charge on any atom is -0.478 e. The molecule has 0 amide bonds. The number of carbonyl (C=O) groups is 1. The van der Waals surface area contributed by atoms with Crippen molar-refractivity contribution in [2.45, 2.75) is 39.5 Å². The lowest BCUT2D eigenvalue weighted by Crippen LogP contribution is -2.04. The lowest BCUT2D eigenvalue weighted by Gasteiger charge is -2.10. The number of allylic oxidation sites excluding steroid dienone is 1. The molecule has 0 unspecified atom stereocenters. The highest BCUT2D eigenvalue weighted by atomic mass is 16.4. The molecule has 0 aliphatic carbocycles. The van der Waals surface area contributed by atoms with Gasteiger partial charge in [0.15, 0.2) is 0 Å². The Hall–Kier alpha value is -1.57. The molecule has 92 valence electrons. The molecule has 0 atom stereocenters. The van der Waals surface area contributed by atoms with Crippen LogP contribution in [0.1, 0.15) is 45.1 Å². The Morgan fingerprint density at radius 3 is 2.29 bits per heavy atom. The first-order valence-electron chi connectivity index (χ1n) is 6.21. The lowest BCUT2D eigenvalue weighted by atomic mass is 9.94. The van der Waals surface area contributed by atoms with Crippen LogP contribution < -0.4 is 0 Å². The Labute approximate surface area is 103 Å². The van der Waals surface area contributed by atoms with Crippen molar-refractivity contribution >= 4 is 11.5 Å². The third-order valence-corrected chi connectivity index (χ3v) is 2.89. The summed E-state index contributed by atoms with van der Waals surface area (Å²) >= 11 is 0. The monoisotopic (exact) mass is 232 g/mol. The highest BCUT2D eigenvalue weighted by molar-refractivity contribution is 6.16. The highest BCUT2D eigenvalue weighted by Gasteiger charge is 2.14. The summed E-state index contributed by atoms with van der Waals surface area (Å²) in [5.74, 6) is -0.816. The van der Waals surface area contributed by atoms with Crippen LogP contribution >= 0.6 is 0 Å². The first kappa shape index (κ1) is 13.5. The second kappa shape index (κ2) is 6.89. The fourth-order valence-corrected chi connectivity index (χ4v) is 1.95. The van der Waals surface area contributed by atoms with Crippen molar-refractivity contribution < 1.29 is 9.90 Å². The van der Waals surface area contributed by atoms with E-state index in [1.807, 2.05) is 37.3 Å². The van der Waals surface area contributed by atoms with Crippen molar-refractivity contribution in [2.24, 2.45) is 0 Å². The molecule has 17 heavy (non-hydrogen) atoms. The molecule has 0 heterocycles. The Morgan fingerprint density at radius 1 is 1.18 bits per heavy atom. The van der Waals surface area contributed by atoms with Gasteiger partial charge < -0.3 is 5.11 Å². The Morgan fingerprint density at radius 2 is 1.82 bits per heavy atom. The molecule has 0 aliphatic heterocycles. The summed E-state index contributed by atoms with van der Waals surface area (Å²) in [5.41, 5.74) is 2.35. The fraction of sp³-hybridized carbons (Fsp3) is 0.400. The largest absolute Gasteiger partial charge is 0.478 e. The van der Waals surface area contributed by atoms with Gasteiger partial charge >= 0.3 is 5.97 Å². The number of benzene rings is 1. The van der Waals surface area contributed by atoms with Crippen molar-refractivity contribution in [3.05, 3.63) is 41.5 Å². The van der Waals surface area contributed by atoms with E-state index < -0.39 is 5.97 Å². The van der Waals surface area contributed by atoms with Crippen LogP contribution in [-0.2, 0) is 4.79 Å². The zero-order chi connectivity index (χ0) is 12.7. The van der Waals surface area contributed by atoms with Gasteiger partial charge in [-0.1, -0.05) is 56.2 Å². The molecule has 0 aromatic heterocycles. The second-order valence-electron chi connectivity index (χ2n) is 4.11. The molecule has 1 aromatic carbocycles.